The largest absolute Gasteiger partial charge is 0.391 e. The lowest BCUT2D eigenvalue weighted by Crippen LogP contribution is -2.21. The minimum atomic E-state index is -4.14. The zero-order valence-electron chi connectivity index (χ0n) is 10.7. The zero-order chi connectivity index (χ0) is 14.5. The van der Waals surface area contributed by atoms with Crippen LogP contribution < -0.4 is 0 Å². The molecular weight excluding hydrogens is 309 g/mol. The fourth-order valence-corrected chi connectivity index (χ4v) is 4.36. The first kappa shape index (κ1) is 14.1. The summed E-state index contributed by atoms with van der Waals surface area (Å²) >= 11 is 7.63. The summed E-state index contributed by atoms with van der Waals surface area (Å²) in [6.45, 7) is 1.24. The molecule has 2 atom stereocenters. The van der Waals surface area contributed by atoms with Gasteiger partial charge in [-0.1, -0.05) is 18.5 Å². The van der Waals surface area contributed by atoms with Crippen LogP contribution in [-0.2, 0) is 6.42 Å². The number of rotatable bonds is 2. The molecule has 0 aromatic carbocycles. The molecule has 0 aliphatic heterocycles. The van der Waals surface area contributed by atoms with Crippen LogP contribution in [0.4, 0.5) is 13.2 Å². The van der Waals surface area contributed by atoms with Crippen LogP contribution in [-0.4, -0.2) is 16.1 Å². The van der Waals surface area contributed by atoms with Crippen molar-refractivity contribution in [1.29, 1.82) is 0 Å². The molecule has 0 spiro atoms. The molecule has 20 heavy (non-hydrogen) atoms. The van der Waals surface area contributed by atoms with E-state index in [4.69, 9.17) is 11.6 Å². The minimum Gasteiger partial charge on any atom is -0.225 e. The molecule has 2 aromatic rings. The van der Waals surface area contributed by atoms with Crippen molar-refractivity contribution in [3.05, 3.63) is 21.9 Å². The summed E-state index contributed by atoms with van der Waals surface area (Å²) in [5, 5.41) is 1.10. The van der Waals surface area contributed by atoms with Gasteiger partial charge < -0.3 is 0 Å². The van der Waals surface area contributed by atoms with Crippen molar-refractivity contribution >= 4 is 33.2 Å². The summed E-state index contributed by atoms with van der Waals surface area (Å²) in [4.78, 5) is 10.0. The Morgan fingerprint density at radius 3 is 2.90 bits per heavy atom. The summed E-state index contributed by atoms with van der Waals surface area (Å²) in [5.41, 5.74) is 0.951. The van der Waals surface area contributed by atoms with E-state index in [1.807, 2.05) is 0 Å². The Morgan fingerprint density at radius 1 is 1.45 bits per heavy atom. The van der Waals surface area contributed by atoms with Gasteiger partial charge in [0.1, 0.15) is 16.3 Å². The lowest BCUT2D eigenvalue weighted by molar-refractivity contribution is -0.172. The van der Waals surface area contributed by atoms with E-state index in [0.29, 0.717) is 5.15 Å². The van der Waals surface area contributed by atoms with Crippen LogP contribution in [0.25, 0.3) is 10.2 Å². The number of hydrogen-bond donors (Lipinski definition) is 0. The fraction of sp³-hybridized carbons (Fsp3) is 0.538. The number of aromatic nitrogens is 2. The van der Waals surface area contributed by atoms with Crippen LogP contribution in [0.5, 0.6) is 0 Å². The van der Waals surface area contributed by atoms with Gasteiger partial charge in [0, 0.05) is 4.88 Å². The Morgan fingerprint density at radius 2 is 2.20 bits per heavy atom. The van der Waals surface area contributed by atoms with E-state index >= 15 is 0 Å². The second kappa shape index (κ2) is 4.84. The molecule has 0 fully saturated rings. The minimum absolute atomic E-state index is 0.0983. The van der Waals surface area contributed by atoms with Gasteiger partial charge >= 0.3 is 6.18 Å². The van der Waals surface area contributed by atoms with E-state index in [0.717, 1.165) is 33.5 Å². The van der Waals surface area contributed by atoms with Crippen molar-refractivity contribution in [3.8, 4) is 0 Å². The first-order valence-corrected chi connectivity index (χ1v) is 7.56. The maximum Gasteiger partial charge on any atom is 0.391 e. The highest BCUT2D eigenvalue weighted by atomic mass is 35.5. The standard InChI is InChI=1S/C13H12ClF3N2S/c1-6(13(15,16)17)4-7-2-3-8-9(7)10-11(14)18-5-19-12(10)20-8/h5-7H,2-4H2,1H3/t6?,7-/m1/s1. The van der Waals surface area contributed by atoms with Crippen LogP contribution >= 0.6 is 22.9 Å². The summed E-state index contributed by atoms with van der Waals surface area (Å²) in [6.07, 6.45) is -1.09. The predicted octanol–water partition coefficient (Wildman–Crippen LogP) is 4.96. The zero-order valence-corrected chi connectivity index (χ0v) is 12.2. The first-order chi connectivity index (χ1) is 9.38. The van der Waals surface area contributed by atoms with Gasteiger partial charge in [-0.25, -0.2) is 9.97 Å². The normalized spacial score (nSPS) is 20.4. The topological polar surface area (TPSA) is 25.8 Å². The summed E-state index contributed by atoms with van der Waals surface area (Å²) < 4.78 is 38.2. The van der Waals surface area contributed by atoms with Crippen molar-refractivity contribution in [2.75, 3.05) is 0 Å². The van der Waals surface area contributed by atoms with Gasteiger partial charge in [-0.15, -0.1) is 11.3 Å². The molecule has 2 aromatic heterocycles. The highest BCUT2D eigenvalue weighted by Gasteiger charge is 2.39. The Hall–Kier alpha value is -0.880. The third kappa shape index (κ3) is 2.29. The van der Waals surface area contributed by atoms with Crippen molar-refractivity contribution in [2.45, 2.75) is 38.3 Å². The van der Waals surface area contributed by atoms with Gasteiger partial charge in [-0.05, 0) is 30.7 Å². The van der Waals surface area contributed by atoms with Gasteiger partial charge in [-0.3, -0.25) is 0 Å². The summed E-state index contributed by atoms with van der Waals surface area (Å²) in [5.74, 6) is -1.41. The number of nitrogens with zero attached hydrogens (tertiary/aromatic N) is 2. The average molecular weight is 321 g/mol. The molecule has 0 N–H and O–H groups in total. The quantitative estimate of drug-likeness (QED) is 0.731. The summed E-state index contributed by atoms with van der Waals surface area (Å²) in [6, 6.07) is 0. The molecule has 0 saturated heterocycles. The predicted molar refractivity (Wildman–Crippen MR) is 73.3 cm³/mol. The van der Waals surface area contributed by atoms with Crippen molar-refractivity contribution in [1.82, 2.24) is 9.97 Å². The van der Waals surface area contributed by atoms with E-state index in [-0.39, 0.29) is 12.3 Å². The van der Waals surface area contributed by atoms with E-state index in [1.54, 1.807) is 0 Å². The molecule has 1 aliphatic carbocycles. The molecule has 7 heteroatoms. The lowest BCUT2D eigenvalue weighted by atomic mass is 9.90. The van der Waals surface area contributed by atoms with E-state index < -0.39 is 12.1 Å². The molecule has 1 unspecified atom stereocenters. The molecule has 0 radical (unpaired) electrons. The molecule has 2 nitrogen and oxygen atoms in total. The molecule has 108 valence electrons. The average Bonchev–Trinajstić information content (AvgIpc) is 2.88. The highest BCUT2D eigenvalue weighted by Crippen LogP contribution is 2.48. The second-order valence-corrected chi connectivity index (χ2v) is 6.64. The third-order valence-electron chi connectivity index (χ3n) is 3.88. The molecular formula is C13H12ClF3N2S. The molecule has 3 rings (SSSR count). The monoisotopic (exact) mass is 320 g/mol. The van der Waals surface area contributed by atoms with Crippen molar-refractivity contribution in [3.63, 3.8) is 0 Å². The van der Waals surface area contributed by atoms with Crippen LogP contribution in [0, 0.1) is 5.92 Å². The Bertz CT molecular complexity index is 653. The SMILES string of the molecule is CC(C[C@H]1CCc2sc3ncnc(Cl)c3c21)C(F)(F)F. The molecule has 1 aliphatic rings. The van der Waals surface area contributed by atoms with E-state index in [1.165, 1.54) is 24.6 Å². The number of thiophene rings is 1. The lowest BCUT2D eigenvalue weighted by Gasteiger charge is -2.20. The van der Waals surface area contributed by atoms with Crippen LogP contribution in [0.15, 0.2) is 6.33 Å². The Balaban J connectivity index is 1.99. The number of alkyl halides is 3. The van der Waals surface area contributed by atoms with Gasteiger partial charge in [0.05, 0.1) is 11.3 Å². The first-order valence-electron chi connectivity index (χ1n) is 6.36. The van der Waals surface area contributed by atoms with Crippen LogP contribution in [0.3, 0.4) is 0 Å². The van der Waals surface area contributed by atoms with Crippen LogP contribution in [0.1, 0.15) is 36.1 Å². The van der Waals surface area contributed by atoms with Gasteiger partial charge in [-0.2, -0.15) is 13.2 Å². The molecule has 2 heterocycles. The number of fused-ring (bicyclic) bond motifs is 3. The Kier molecular flexibility index (Phi) is 3.41. The molecule has 0 saturated carbocycles. The smallest absolute Gasteiger partial charge is 0.225 e. The summed E-state index contributed by atoms with van der Waals surface area (Å²) in [7, 11) is 0. The van der Waals surface area contributed by atoms with Gasteiger partial charge in [0.15, 0.2) is 0 Å². The van der Waals surface area contributed by atoms with E-state index in [2.05, 4.69) is 9.97 Å². The van der Waals surface area contributed by atoms with Crippen molar-refractivity contribution < 1.29 is 13.2 Å². The van der Waals surface area contributed by atoms with Gasteiger partial charge in [0.25, 0.3) is 0 Å². The second-order valence-electron chi connectivity index (χ2n) is 5.20. The maximum atomic E-state index is 12.7. The Labute approximate surface area is 123 Å². The molecule has 0 bridgehead atoms. The highest BCUT2D eigenvalue weighted by molar-refractivity contribution is 7.19. The number of hydrogen-bond acceptors (Lipinski definition) is 3. The fourth-order valence-electron chi connectivity index (χ4n) is 2.83. The third-order valence-corrected chi connectivity index (χ3v) is 5.34. The van der Waals surface area contributed by atoms with Crippen LogP contribution in [0.2, 0.25) is 5.15 Å². The number of aryl methyl sites for hydroxylation is 1. The van der Waals surface area contributed by atoms with Gasteiger partial charge in [0.2, 0.25) is 0 Å². The molecule has 0 amide bonds. The number of halogens is 4. The van der Waals surface area contributed by atoms with Crippen molar-refractivity contribution in [2.24, 2.45) is 5.92 Å². The maximum absolute atomic E-state index is 12.7. The van der Waals surface area contributed by atoms with E-state index in [9.17, 15) is 13.2 Å².